The number of hydroxylamine groups is 1. The molecule has 1 fully saturated rings. The first-order chi connectivity index (χ1) is 14.0. The zero-order valence-electron chi connectivity index (χ0n) is 15.9. The van der Waals surface area contributed by atoms with E-state index in [2.05, 4.69) is 4.31 Å². The molecule has 0 aromatic heterocycles. The van der Waals surface area contributed by atoms with Crippen LogP contribution in [0, 0.1) is 0 Å². The van der Waals surface area contributed by atoms with Crippen LogP contribution in [-0.4, -0.2) is 51.9 Å². The maximum absolute atomic E-state index is 12.1. The van der Waals surface area contributed by atoms with E-state index in [0.29, 0.717) is 4.90 Å². The average molecular weight is 420 g/mol. The molecule has 0 bridgehead atoms. The average Bonchev–Trinajstić information content (AvgIpc) is 2.75. The molecule has 1 saturated heterocycles. The highest BCUT2D eigenvalue weighted by molar-refractivity contribution is 7.97. The first-order valence-corrected chi connectivity index (χ1v) is 9.96. The predicted octanol–water partition coefficient (Wildman–Crippen LogP) is 2.35. The first kappa shape index (κ1) is 21.4. The number of piperidine rings is 1. The van der Waals surface area contributed by atoms with E-state index in [1.807, 2.05) is 24.3 Å². The fourth-order valence-corrected chi connectivity index (χ4v) is 4.28. The fraction of sp³-hybridized carbons (Fsp3) is 0.350. The lowest BCUT2D eigenvalue weighted by atomic mass is 10.1. The molecule has 0 saturated carbocycles. The van der Waals surface area contributed by atoms with Crippen molar-refractivity contribution in [1.29, 1.82) is 0 Å². The molecule has 1 aliphatic heterocycles. The molecule has 2 aromatic carbocycles. The topological polar surface area (TPSA) is 111 Å². The molecule has 3 rings (SSSR count). The van der Waals surface area contributed by atoms with Crippen molar-refractivity contribution >= 4 is 17.9 Å². The third kappa shape index (κ3) is 5.40. The van der Waals surface area contributed by atoms with Gasteiger partial charge in [-0.1, -0.05) is 12.1 Å². The Labute approximate surface area is 173 Å². The van der Waals surface area contributed by atoms with E-state index in [4.69, 9.17) is 14.7 Å². The normalized spacial score (nSPS) is 15.3. The van der Waals surface area contributed by atoms with E-state index in [1.165, 1.54) is 18.0 Å². The quantitative estimate of drug-likeness (QED) is 0.234. The van der Waals surface area contributed by atoms with Gasteiger partial charge in [0.2, 0.25) is 0 Å². The summed E-state index contributed by atoms with van der Waals surface area (Å²) in [5.41, 5.74) is 1.66. The summed E-state index contributed by atoms with van der Waals surface area (Å²) in [6.45, 7) is 1.47. The van der Waals surface area contributed by atoms with Gasteiger partial charge in [-0.25, -0.2) is 9.79 Å². The number of hydrogen-bond donors (Lipinski definition) is 4. The molecule has 0 spiro atoms. The summed E-state index contributed by atoms with van der Waals surface area (Å²) in [6, 6.07) is 12.3. The second-order valence-electron chi connectivity index (χ2n) is 6.55. The molecule has 9 heteroatoms. The number of ether oxygens (including phenoxy) is 2. The smallest absolute Gasteiger partial charge is 0.276 e. The summed E-state index contributed by atoms with van der Waals surface area (Å²) in [4.78, 5) is 12.6. The molecule has 1 heterocycles. The minimum Gasteiger partial charge on any atom is -0.497 e. The SMILES string of the molecule is COc1ccc(OC2CCN(Sc3cccc(C(O)O)c3C(=O)NO)CC2)cc1. The van der Waals surface area contributed by atoms with Gasteiger partial charge in [-0.3, -0.25) is 10.0 Å². The van der Waals surface area contributed by atoms with E-state index in [9.17, 15) is 15.0 Å². The molecule has 8 nitrogen and oxygen atoms in total. The molecule has 0 aliphatic carbocycles. The van der Waals surface area contributed by atoms with Crippen molar-refractivity contribution in [2.24, 2.45) is 0 Å². The lowest BCUT2D eigenvalue weighted by Gasteiger charge is -2.31. The van der Waals surface area contributed by atoms with Crippen LogP contribution in [0.5, 0.6) is 11.5 Å². The number of nitrogens with one attached hydrogen (secondary N) is 1. The van der Waals surface area contributed by atoms with E-state index in [1.54, 1.807) is 24.7 Å². The minimum absolute atomic E-state index is 0.0410. The number of methoxy groups -OCH3 is 1. The molecule has 1 aliphatic rings. The van der Waals surface area contributed by atoms with Crippen molar-refractivity contribution in [3.63, 3.8) is 0 Å². The number of aliphatic hydroxyl groups is 2. The number of hydrogen-bond acceptors (Lipinski definition) is 8. The highest BCUT2D eigenvalue weighted by atomic mass is 32.2. The predicted molar refractivity (Wildman–Crippen MR) is 107 cm³/mol. The van der Waals surface area contributed by atoms with Crippen molar-refractivity contribution in [2.75, 3.05) is 20.2 Å². The maximum Gasteiger partial charge on any atom is 0.276 e. The van der Waals surface area contributed by atoms with Crippen molar-refractivity contribution in [1.82, 2.24) is 9.79 Å². The van der Waals surface area contributed by atoms with Gasteiger partial charge in [0.15, 0.2) is 6.29 Å². The van der Waals surface area contributed by atoms with Gasteiger partial charge in [0.1, 0.15) is 17.6 Å². The number of aliphatic hydroxyl groups excluding tert-OH is 1. The van der Waals surface area contributed by atoms with Crippen molar-refractivity contribution in [3.8, 4) is 11.5 Å². The van der Waals surface area contributed by atoms with Crippen LogP contribution in [-0.2, 0) is 0 Å². The third-order valence-electron chi connectivity index (χ3n) is 4.66. The summed E-state index contributed by atoms with van der Waals surface area (Å²) in [5, 5.41) is 28.1. The highest BCUT2D eigenvalue weighted by Crippen LogP contribution is 2.33. The first-order valence-electron chi connectivity index (χ1n) is 9.19. The van der Waals surface area contributed by atoms with Crippen molar-refractivity contribution in [2.45, 2.75) is 30.1 Å². The number of nitrogens with zero attached hydrogens (tertiary/aromatic N) is 1. The van der Waals surface area contributed by atoms with Crippen LogP contribution in [0.25, 0.3) is 0 Å². The largest absolute Gasteiger partial charge is 0.497 e. The number of carbonyl (C=O) groups excluding carboxylic acids is 1. The molecule has 2 aromatic rings. The van der Waals surface area contributed by atoms with Gasteiger partial charge >= 0.3 is 0 Å². The standard InChI is InChI=1S/C20H24N2O6S/c1-27-13-5-7-14(8-6-13)28-15-9-11-22(12-10-15)29-17-4-2-3-16(20(24)25)18(17)19(23)21-26/h2-8,15,20,24-26H,9-12H2,1H3,(H,21,23). The fourth-order valence-electron chi connectivity index (χ4n) is 3.17. The number of benzene rings is 2. The molecule has 1 amide bonds. The Morgan fingerprint density at radius 2 is 1.79 bits per heavy atom. The zero-order valence-corrected chi connectivity index (χ0v) is 16.8. The highest BCUT2D eigenvalue weighted by Gasteiger charge is 2.25. The van der Waals surface area contributed by atoms with Crippen LogP contribution in [0.1, 0.15) is 35.1 Å². The van der Waals surface area contributed by atoms with E-state index < -0.39 is 12.2 Å². The Morgan fingerprint density at radius 1 is 1.14 bits per heavy atom. The summed E-state index contributed by atoms with van der Waals surface area (Å²) >= 11 is 1.35. The third-order valence-corrected chi connectivity index (χ3v) is 5.82. The molecular weight excluding hydrogens is 396 g/mol. The molecule has 156 valence electrons. The molecule has 0 unspecified atom stereocenters. The number of rotatable bonds is 7. The van der Waals surface area contributed by atoms with Gasteiger partial charge in [0.05, 0.1) is 12.7 Å². The Balaban J connectivity index is 1.62. The molecule has 29 heavy (non-hydrogen) atoms. The molecular formula is C20H24N2O6S. The van der Waals surface area contributed by atoms with Crippen molar-refractivity contribution < 1.29 is 29.7 Å². The summed E-state index contributed by atoms with van der Waals surface area (Å²) in [5.74, 6) is 0.791. The van der Waals surface area contributed by atoms with Gasteiger partial charge in [0.25, 0.3) is 5.91 Å². The second-order valence-corrected chi connectivity index (χ2v) is 7.69. The van der Waals surface area contributed by atoms with Crippen LogP contribution in [0.3, 0.4) is 0 Å². The summed E-state index contributed by atoms with van der Waals surface area (Å²) < 4.78 is 13.3. The lowest BCUT2D eigenvalue weighted by Crippen LogP contribution is -2.34. The lowest BCUT2D eigenvalue weighted by molar-refractivity contribution is -0.0432. The van der Waals surface area contributed by atoms with Crippen LogP contribution >= 0.6 is 11.9 Å². The van der Waals surface area contributed by atoms with Gasteiger partial charge in [0, 0.05) is 23.5 Å². The monoisotopic (exact) mass is 420 g/mol. The van der Waals surface area contributed by atoms with Crippen molar-refractivity contribution in [3.05, 3.63) is 53.6 Å². The summed E-state index contributed by atoms with van der Waals surface area (Å²) in [7, 11) is 1.62. The zero-order chi connectivity index (χ0) is 20.8. The number of amides is 1. The van der Waals surface area contributed by atoms with Gasteiger partial charge in [-0.05, 0) is 55.1 Å². The Morgan fingerprint density at radius 3 is 2.38 bits per heavy atom. The second kappa shape index (κ2) is 9.95. The van der Waals surface area contributed by atoms with Crippen LogP contribution < -0.4 is 15.0 Å². The summed E-state index contributed by atoms with van der Waals surface area (Å²) in [6.07, 6.45) is -0.108. The molecule has 0 atom stereocenters. The Kier molecular flexibility index (Phi) is 7.34. The minimum atomic E-state index is -1.81. The van der Waals surface area contributed by atoms with Gasteiger partial charge < -0.3 is 19.7 Å². The Hall–Kier alpha value is -2.30. The van der Waals surface area contributed by atoms with Crippen LogP contribution in [0.4, 0.5) is 0 Å². The molecule has 0 radical (unpaired) electrons. The molecule has 4 N–H and O–H groups in total. The Bertz CT molecular complexity index is 822. The number of carbonyl (C=O) groups is 1. The van der Waals surface area contributed by atoms with E-state index in [-0.39, 0.29) is 17.2 Å². The van der Waals surface area contributed by atoms with E-state index in [0.717, 1.165) is 37.4 Å². The van der Waals surface area contributed by atoms with Crippen LogP contribution in [0.2, 0.25) is 0 Å². The maximum atomic E-state index is 12.1. The van der Waals surface area contributed by atoms with Crippen LogP contribution in [0.15, 0.2) is 47.4 Å². The van der Waals surface area contributed by atoms with Gasteiger partial charge in [-0.15, -0.1) is 0 Å². The van der Waals surface area contributed by atoms with E-state index >= 15 is 0 Å². The van der Waals surface area contributed by atoms with Gasteiger partial charge in [-0.2, -0.15) is 0 Å².